The smallest absolute Gasteiger partial charge is 0.268 e. The van der Waals surface area contributed by atoms with Gasteiger partial charge in [0.2, 0.25) is 0 Å². The standard InChI is InChI=1S/C31H22ClN3O4/c1-16-26-29(34-39-16)27-23(32)10-5-11-24(27)35(31(26)38)19-13-12-18-14-25(36)28(22(18)15-19)33-30(37)21-9-4-7-17-6-2-3-8-20(17)21/h2-13,15,25,28,36H,14H2,1H3,(H,33,37). The molecule has 7 nitrogen and oxygen atoms in total. The quantitative estimate of drug-likeness (QED) is 0.306. The second kappa shape index (κ2) is 8.80. The number of aliphatic hydroxyl groups is 1. The molecule has 0 aliphatic heterocycles. The van der Waals surface area contributed by atoms with E-state index in [0.717, 1.165) is 21.9 Å². The van der Waals surface area contributed by atoms with Crippen molar-refractivity contribution in [2.45, 2.75) is 25.5 Å². The number of fused-ring (bicyclic) bond motifs is 5. The lowest BCUT2D eigenvalue weighted by molar-refractivity contribution is 0.0860. The van der Waals surface area contributed by atoms with E-state index in [4.69, 9.17) is 16.1 Å². The number of pyridine rings is 1. The van der Waals surface area contributed by atoms with Crippen LogP contribution in [0, 0.1) is 6.92 Å². The molecule has 1 amide bonds. The third-order valence-electron chi connectivity index (χ3n) is 7.61. The van der Waals surface area contributed by atoms with Crippen LogP contribution in [0.25, 0.3) is 38.3 Å². The Morgan fingerprint density at radius 1 is 1.05 bits per heavy atom. The fraction of sp³-hybridized carbons (Fsp3) is 0.129. The highest BCUT2D eigenvalue weighted by Crippen LogP contribution is 2.36. The van der Waals surface area contributed by atoms with Crippen LogP contribution in [0.15, 0.2) is 88.2 Å². The predicted molar refractivity (Wildman–Crippen MR) is 151 cm³/mol. The van der Waals surface area contributed by atoms with Gasteiger partial charge in [0.05, 0.1) is 22.7 Å². The molecule has 4 aromatic carbocycles. The first-order valence-corrected chi connectivity index (χ1v) is 13.0. The van der Waals surface area contributed by atoms with Crippen molar-refractivity contribution < 1.29 is 14.4 Å². The largest absolute Gasteiger partial charge is 0.390 e. The number of carbonyl (C=O) groups excluding carboxylic acids is 1. The number of rotatable bonds is 3. The van der Waals surface area contributed by atoms with Gasteiger partial charge in [-0.15, -0.1) is 0 Å². The Labute approximate surface area is 227 Å². The van der Waals surface area contributed by atoms with Crippen molar-refractivity contribution >= 4 is 50.1 Å². The van der Waals surface area contributed by atoms with Gasteiger partial charge in [-0.25, -0.2) is 0 Å². The van der Waals surface area contributed by atoms with Crippen molar-refractivity contribution in [1.82, 2.24) is 15.0 Å². The lowest BCUT2D eigenvalue weighted by atomic mass is 10.0. The molecule has 0 saturated heterocycles. The first-order chi connectivity index (χ1) is 18.9. The van der Waals surface area contributed by atoms with E-state index in [2.05, 4.69) is 10.5 Å². The molecule has 0 spiro atoms. The zero-order chi connectivity index (χ0) is 26.8. The van der Waals surface area contributed by atoms with Crippen LogP contribution in [0.4, 0.5) is 0 Å². The fourth-order valence-corrected chi connectivity index (χ4v) is 6.03. The van der Waals surface area contributed by atoms with Crippen LogP contribution in [0.5, 0.6) is 0 Å². The topological polar surface area (TPSA) is 97.4 Å². The lowest BCUT2D eigenvalue weighted by Crippen LogP contribution is -2.34. The molecular weight excluding hydrogens is 514 g/mol. The molecule has 39 heavy (non-hydrogen) atoms. The van der Waals surface area contributed by atoms with Crippen molar-refractivity contribution in [2.75, 3.05) is 0 Å². The maximum atomic E-state index is 13.8. The Balaban J connectivity index is 1.36. The lowest BCUT2D eigenvalue weighted by Gasteiger charge is -2.20. The predicted octanol–water partition coefficient (Wildman–Crippen LogP) is 5.64. The van der Waals surface area contributed by atoms with Gasteiger partial charge in [0.1, 0.15) is 16.7 Å². The Morgan fingerprint density at radius 2 is 1.85 bits per heavy atom. The summed E-state index contributed by atoms with van der Waals surface area (Å²) in [6.07, 6.45) is -0.415. The summed E-state index contributed by atoms with van der Waals surface area (Å²) in [5.74, 6) is 0.132. The number of nitrogens with one attached hydrogen (secondary N) is 1. The van der Waals surface area contributed by atoms with Gasteiger partial charge in [-0.1, -0.05) is 65.3 Å². The van der Waals surface area contributed by atoms with E-state index >= 15 is 0 Å². The van der Waals surface area contributed by atoms with Crippen molar-refractivity contribution in [2.24, 2.45) is 0 Å². The van der Waals surface area contributed by atoms with Crippen LogP contribution in [0.3, 0.4) is 0 Å². The molecule has 1 aliphatic rings. The van der Waals surface area contributed by atoms with Gasteiger partial charge < -0.3 is 14.9 Å². The number of aromatic nitrogens is 2. The Hall–Kier alpha value is -4.46. The minimum absolute atomic E-state index is 0.273. The maximum Gasteiger partial charge on any atom is 0.268 e. The zero-order valence-corrected chi connectivity index (χ0v) is 21.6. The van der Waals surface area contributed by atoms with E-state index in [1.165, 1.54) is 0 Å². The Kier molecular flexibility index (Phi) is 5.33. The number of hydrogen-bond donors (Lipinski definition) is 2. The molecule has 1 aliphatic carbocycles. The van der Waals surface area contributed by atoms with E-state index in [1.807, 2.05) is 60.7 Å². The SMILES string of the molecule is Cc1onc2c1c(=O)n(-c1ccc3c(c1)C(NC(=O)c1cccc4ccccc14)C(O)C3)c1cccc(Cl)c21. The number of aliphatic hydroxyl groups excluding tert-OH is 1. The molecular formula is C31H22ClN3O4. The van der Waals surface area contributed by atoms with Crippen LogP contribution >= 0.6 is 11.6 Å². The van der Waals surface area contributed by atoms with Gasteiger partial charge in [0.15, 0.2) is 0 Å². The molecule has 0 radical (unpaired) electrons. The molecule has 8 heteroatoms. The summed E-state index contributed by atoms with van der Waals surface area (Å²) in [5.41, 5.74) is 3.52. The number of aryl methyl sites for hydroxylation is 1. The molecule has 2 N–H and O–H groups in total. The number of nitrogens with zero attached hydrogens (tertiary/aromatic N) is 2. The van der Waals surface area contributed by atoms with Gasteiger partial charge in [0, 0.05) is 23.1 Å². The normalized spacial score (nSPS) is 16.7. The molecule has 0 fully saturated rings. The third-order valence-corrected chi connectivity index (χ3v) is 7.92. The van der Waals surface area contributed by atoms with E-state index in [1.54, 1.807) is 29.7 Å². The summed E-state index contributed by atoms with van der Waals surface area (Å²) in [6, 6.07) is 23.6. The molecule has 7 rings (SSSR count). The van der Waals surface area contributed by atoms with E-state index < -0.39 is 12.1 Å². The fourth-order valence-electron chi connectivity index (χ4n) is 5.77. The summed E-state index contributed by atoms with van der Waals surface area (Å²) in [7, 11) is 0. The van der Waals surface area contributed by atoms with Gasteiger partial charge in [-0.2, -0.15) is 0 Å². The minimum atomic E-state index is -0.806. The van der Waals surface area contributed by atoms with Gasteiger partial charge in [0.25, 0.3) is 11.5 Å². The Bertz CT molecular complexity index is 2020. The Morgan fingerprint density at radius 3 is 2.72 bits per heavy atom. The van der Waals surface area contributed by atoms with Crippen LogP contribution in [-0.4, -0.2) is 26.8 Å². The summed E-state index contributed by atoms with van der Waals surface area (Å²) in [5, 5.41) is 21.4. The van der Waals surface area contributed by atoms with E-state index in [9.17, 15) is 14.7 Å². The van der Waals surface area contributed by atoms with Crippen LogP contribution in [0.2, 0.25) is 5.02 Å². The highest BCUT2D eigenvalue weighted by Gasteiger charge is 2.33. The molecule has 2 unspecified atom stereocenters. The van der Waals surface area contributed by atoms with Crippen LogP contribution in [0.1, 0.15) is 33.3 Å². The van der Waals surface area contributed by atoms with Crippen molar-refractivity contribution in [3.63, 3.8) is 0 Å². The number of hydrogen-bond acceptors (Lipinski definition) is 5. The summed E-state index contributed by atoms with van der Waals surface area (Å²) in [4.78, 5) is 27.2. The molecule has 2 aromatic heterocycles. The van der Waals surface area contributed by atoms with Gasteiger partial charge in [-0.3, -0.25) is 14.2 Å². The molecule has 6 aromatic rings. The molecule has 192 valence electrons. The number of benzene rings is 4. The summed E-state index contributed by atoms with van der Waals surface area (Å²) < 4.78 is 6.95. The van der Waals surface area contributed by atoms with Crippen LogP contribution < -0.4 is 10.9 Å². The van der Waals surface area contributed by atoms with Gasteiger partial charge in [-0.05, 0) is 59.2 Å². The highest BCUT2D eigenvalue weighted by atomic mass is 35.5. The van der Waals surface area contributed by atoms with Gasteiger partial charge >= 0.3 is 0 Å². The van der Waals surface area contributed by atoms with Crippen molar-refractivity contribution in [3.8, 4) is 5.69 Å². The first kappa shape index (κ1) is 23.6. The highest BCUT2D eigenvalue weighted by molar-refractivity contribution is 6.37. The second-order valence-corrected chi connectivity index (χ2v) is 10.3. The van der Waals surface area contributed by atoms with E-state index in [-0.39, 0.29) is 11.5 Å². The second-order valence-electron chi connectivity index (χ2n) is 9.87. The summed E-state index contributed by atoms with van der Waals surface area (Å²) in [6.45, 7) is 1.70. The third kappa shape index (κ3) is 3.58. The van der Waals surface area contributed by atoms with E-state index in [0.29, 0.717) is 50.3 Å². The molecule has 0 bridgehead atoms. The molecule has 2 atom stereocenters. The average Bonchev–Trinajstić information content (AvgIpc) is 3.47. The number of carbonyl (C=O) groups is 1. The molecule has 2 heterocycles. The zero-order valence-electron chi connectivity index (χ0n) is 20.8. The van der Waals surface area contributed by atoms with Crippen molar-refractivity contribution in [1.29, 1.82) is 0 Å². The molecule has 0 saturated carbocycles. The minimum Gasteiger partial charge on any atom is -0.390 e. The first-order valence-electron chi connectivity index (χ1n) is 12.6. The number of halogens is 1. The summed E-state index contributed by atoms with van der Waals surface area (Å²) >= 11 is 6.57. The maximum absolute atomic E-state index is 13.8. The van der Waals surface area contributed by atoms with Crippen molar-refractivity contribution in [3.05, 3.63) is 117 Å². The monoisotopic (exact) mass is 535 g/mol. The van der Waals surface area contributed by atoms with Crippen LogP contribution in [-0.2, 0) is 6.42 Å². The number of amides is 1. The average molecular weight is 536 g/mol.